The topological polar surface area (TPSA) is 104 Å². The van der Waals surface area contributed by atoms with Gasteiger partial charge < -0.3 is 14.2 Å². The van der Waals surface area contributed by atoms with Crippen LogP contribution < -0.4 is 15.3 Å². The zero-order valence-corrected chi connectivity index (χ0v) is 28.0. The number of rotatable bonds is 11. The van der Waals surface area contributed by atoms with Crippen LogP contribution in [0.5, 0.6) is 5.75 Å². The minimum absolute atomic E-state index is 0.0533. The Kier molecular flexibility index (Phi) is 9.06. The molecule has 0 spiro atoms. The lowest BCUT2D eigenvalue weighted by Gasteiger charge is -2.29. The largest absolute Gasteiger partial charge is 0.491 e. The van der Waals surface area contributed by atoms with Gasteiger partial charge in [0.1, 0.15) is 68.5 Å². The molecule has 48 heavy (non-hydrogen) atoms. The highest BCUT2D eigenvalue weighted by Gasteiger charge is 2.45. The first-order valence-electron chi connectivity index (χ1n) is 15.8. The van der Waals surface area contributed by atoms with Crippen LogP contribution >= 0.6 is 23.2 Å². The lowest BCUT2D eigenvalue weighted by molar-refractivity contribution is -0.424. The van der Waals surface area contributed by atoms with E-state index in [0.29, 0.717) is 22.2 Å². The van der Waals surface area contributed by atoms with Crippen LogP contribution in [0.1, 0.15) is 31.9 Å². The summed E-state index contributed by atoms with van der Waals surface area (Å²) in [6.45, 7) is 6.55. The van der Waals surface area contributed by atoms with E-state index in [4.69, 9.17) is 37.4 Å². The summed E-state index contributed by atoms with van der Waals surface area (Å²) in [5.74, 6) is -0.446. The second-order valence-corrected chi connectivity index (χ2v) is 12.7. The molecule has 5 aromatic rings. The molecule has 0 radical (unpaired) electrons. The van der Waals surface area contributed by atoms with Crippen molar-refractivity contribution in [3.05, 3.63) is 112 Å². The Hall–Kier alpha value is -4.49. The van der Waals surface area contributed by atoms with Gasteiger partial charge in [0.25, 0.3) is 0 Å². The van der Waals surface area contributed by atoms with E-state index in [0.717, 1.165) is 42.3 Å². The molecule has 2 aliphatic heterocycles. The third-order valence-corrected chi connectivity index (χ3v) is 9.21. The average molecular weight is 691 g/mol. The fourth-order valence-corrected chi connectivity index (χ4v) is 6.42. The van der Waals surface area contributed by atoms with Crippen molar-refractivity contribution in [3.8, 4) is 11.4 Å². The number of nitrogens with zero attached hydrogens (tertiary/aromatic N) is 8. The van der Waals surface area contributed by atoms with Crippen LogP contribution in [0.15, 0.2) is 90.5 Å². The van der Waals surface area contributed by atoms with Crippen LogP contribution in [0.2, 0.25) is 10.0 Å². The summed E-state index contributed by atoms with van der Waals surface area (Å²) in [6, 6.07) is 21.2. The van der Waals surface area contributed by atoms with Crippen LogP contribution in [0.4, 0.5) is 11.4 Å². The number of benzene rings is 3. The van der Waals surface area contributed by atoms with Crippen molar-refractivity contribution in [2.45, 2.75) is 44.7 Å². The van der Waals surface area contributed by atoms with Crippen LogP contribution in [0.25, 0.3) is 5.69 Å². The van der Waals surface area contributed by atoms with Crippen molar-refractivity contribution < 1.29 is 18.8 Å². The summed E-state index contributed by atoms with van der Waals surface area (Å²) in [4.78, 5) is 19.0. The average Bonchev–Trinajstić information content (AvgIpc) is 3.92. The summed E-state index contributed by atoms with van der Waals surface area (Å²) >= 11 is 12.7. The van der Waals surface area contributed by atoms with Crippen molar-refractivity contribution in [2.75, 3.05) is 31.2 Å². The Morgan fingerprint density at radius 2 is 1.83 bits per heavy atom. The first kappa shape index (κ1) is 32.1. The van der Waals surface area contributed by atoms with Gasteiger partial charge in [-0.05, 0) is 74.0 Å². The fraction of sp³-hybridized carbons (Fsp3) is 0.324. The molecule has 4 heterocycles. The number of anilines is 1. The number of ether oxygens (including phenoxy) is 3. The van der Waals surface area contributed by atoms with Crippen molar-refractivity contribution in [1.29, 1.82) is 0 Å². The zero-order valence-electron chi connectivity index (χ0n) is 26.5. The minimum atomic E-state index is -1.17. The van der Waals surface area contributed by atoms with Gasteiger partial charge in [-0.3, -0.25) is 0 Å². The molecule has 1 saturated heterocycles. The molecule has 3 aromatic carbocycles. The van der Waals surface area contributed by atoms with E-state index < -0.39 is 5.79 Å². The Balaban J connectivity index is 0.978. The molecule has 3 unspecified atom stereocenters. The van der Waals surface area contributed by atoms with E-state index in [9.17, 15) is 4.79 Å². The van der Waals surface area contributed by atoms with Crippen molar-refractivity contribution >= 4 is 40.9 Å². The summed E-state index contributed by atoms with van der Waals surface area (Å²) < 4.78 is 25.8. The van der Waals surface area contributed by atoms with Crippen LogP contribution in [0, 0.1) is 0 Å². The third kappa shape index (κ3) is 6.48. The number of aromatic nitrogens is 6. The molecule has 14 heteroatoms. The smallest absolute Gasteiger partial charge is 0.350 e. The van der Waals surface area contributed by atoms with Crippen LogP contribution in [0.3, 0.4) is 0 Å². The molecule has 2 aromatic heterocycles. The summed E-state index contributed by atoms with van der Waals surface area (Å²) in [6.07, 6.45) is 7.24. The molecule has 0 saturated carbocycles. The predicted octanol–water partition coefficient (Wildman–Crippen LogP) is 5.44. The second-order valence-electron chi connectivity index (χ2n) is 11.8. The van der Waals surface area contributed by atoms with Gasteiger partial charge in [-0.2, -0.15) is 10.2 Å². The van der Waals surface area contributed by atoms with E-state index in [1.807, 2.05) is 68.4 Å². The molecule has 0 N–H and O–H groups in total. The van der Waals surface area contributed by atoms with Gasteiger partial charge in [-0.15, -0.1) is 0 Å². The van der Waals surface area contributed by atoms with Crippen molar-refractivity contribution in [1.82, 2.24) is 29.1 Å². The van der Waals surface area contributed by atoms with Gasteiger partial charge in [0.15, 0.2) is 0 Å². The summed E-state index contributed by atoms with van der Waals surface area (Å²) in [5.41, 5.74) is 3.41. The van der Waals surface area contributed by atoms with Crippen molar-refractivity contribution in [2.24, 2.45) is 0 Å². The quantitative estimate of drug-likeness (QED) is 0.169. The Labute approximate surface area is 287 Å². The summed E-state index contributed by atoms with van der Waals surface area (Å²) in [7, 11) is 0. The second kappa shape index (κ2) is 13.6. The number of hydrogen-bond acceptors (Lipinski definition) is 8. The molecule has 1 fully saturated rings. The van der Waals surface area contributed by atoms with E-state index >= 15 is 0 Å². The minimum Gasteiger partial charge on any atom is -0.491 e. The standard InChI is InChI=1S/C34H35Cl2N8O4/c1-3-24(2)44-33(45)43(22-39-44)28-7-5-26(6-8-28)40-14-15-41(23-40)27-9-11-29(12-10-27)46-17-30-18-47-34(48-30,19-42-21-37-20-38-42)31-13-4-25(35)16-32(31)36/h4-13,16,20-24,30H,3,14-15,17-19H2,1-2H3/q+1. The Bertz CT molecular complexity index is 1960. The van der Waals surface area contributed by atoms with Crippen LogP contribution in [-0.2, 0) is 21.8 Å². The SMILES string of the molecule is CCC(C)n1ncn(-c2ccc([N+]3=CN(c4ccc(OCC5COC(Cn6cncn6)(c6ccc(Cl)cc6Cl)O5)cc4)CC3)cc2)c1=O. The van der Waals surface area contributed by atoms with E-state index in [2.05, 4.69) is 31.0 Å². The molecule has 3 atom stereocenters. The maximum Gasteiger partial charge on any atom is 0.350 e. The molecule has 7 rings (SSSR count). The predicted molar refractivity (Wildman–Crippen MR) is 182 cm³/mol. The maximum absolute atomic E-state index is 12.8. The van der Waals surface area contributed by atoms with Crippen molar-refractivity contribution in [3.63, 3.8) is 0 Å². The van der Waals surface area contributed by atoms with Gasteiger partial charge >= 0.3 is 5.69 Å². The van der Waals surface area contributed by atoms with Gasteiger partial charge in [-0.1, -0.05) is 36.2 Å². The van der Waals surface area contributed by atoms with Gasteiger partial charge in [-0.25, -0.2) is 33.2 Å². The van der Waals surface area contributed by atoms with Gasteiger partial charge in [0, 0.05) is 10.6 Å². The van der Waals surface area contributed by atoms with E-state index in [1.165, 1.54) is 11.0 Å². The first-order valence-corrected chi connectivity index (χ1v) is 16.5. The Morgan fingerprint density at radius 1 is 1.04 bits per heavy atom. The van der Waals surface area contributed by atoms with Crippen LogP contribution in [-0.4, -0.2) is 72.4 Å². The highest BCUT2D eigenvalue weighted by Crippen LogP contribution is 2.40. The zero-order chi connectivity index (χ0) is 33.3. The van der Waals surface area contributed by atoms with Gasteiger partial charge in [0.05, 0.1) is 23.4 Å². The molecular weight excluding hydrogens is 655 g/mol. The number of hydrogen-bond donors (Lipinski definition) is 0. The molecule has 0 bridgehead atoms. The molecule has 0 aliphatic carbocycles. The molecule has 248 valence electrons. The van der Waals surface area contributed by atoms with Gasteiger partial charge in [0.2, 0.25) is 12.1 Å². The fourth-order valence-electron chi connectivity index (χ4n) is 5.87. The third-order valence-electron chi connectivity index (χ3n) is 8.66. The monoisotopic (exact) mass is 689 g/mol. The van der Waals surface area contributed by atoms with E-state index in [1.54, 1.807) is 34.0 Å². The van der Waals surface area contributed by atoms with E-state index in [-0.39, 0.29) is 31.0 Å². The summed E-state index contributed by atoms with van der Waals surface area (Å²) in [5, 5.41) is 9.48. The highest BCUT2D eigenvalue weighted by molar-refractivity contribution is 6.35. The molecular formula is C34H35Cl2N8O4+. The lowest BCUT2D eigenvalue weighted by atomic mass is 10.1. The number of halogens is 2. The molecule has 12 nitrogen and oxygen atoms in total. The lowest BCUT2D eigenvalue weighted by Crippen LogP contribution is -2.35. The molecule has 0 amide bonds. The normalized spacial score (nSPS) is 19.9. The Morgan fingerprint density at radius 3 is 2.56 bits per heavy atom. The first-order chi connectivity index (χ1) is 23.3. The maximum atomic E-state index is 12.8. The highest BCUT2D eigenvalue weighted by atomic mass is 35.5. The molecule has 2 aliphatic rings.